The molecule has 0 fully saturated rings. The van der Waals surface area contributed by atoms with E-state index in [-0.39, 0.29) is 5.78 Å². The van der Waals surface area contributed by atoms with Crippen LogP contribution >= 0.6 is 0 Å². The molecule has 1 aromatic heterocycles. The monoisotopic (exact) mass is 650 g/mol. The number of rotatable bonds is 11. The van der Waals surface area contributed by atoms with Gasteiger partial charge in [-0.2, -0.15) is 0 Å². The molecule has 0 amide bonds. The van der Waals surface area contributed by atoms with Crippen LogP contribution in [0.3, 0.4) is 0 Å². The van der Waals surface area contributed by atoms with Gasteiger partial charge < -0.3 is 9.40 Å². The number of ketones is 1. The number of unbranched alkanes of at least 4 members (excludes halogenated alkanes) is 1. The first-order valence-electron chi connectivity index (χ1n) is 17.5. The van der Waals surface area contributed by atoms with Gasteiger partial charge in [0.2, 0.25) is 0 Å². The second kappa shape index (κ2) is 14.2. The third-order valence-electron chi connectivity index (χ3n) is 9.94. The largest absolute Gasteiger partial charge is 0.340 e. The SMILES string of the molecule is CCCCC(CC)Cn1c2ccc(/C(=N\OC(C)=O)c3ccccc3C)cc2c2cc(C(=O)c3c(C)cc(C)cc3C)c3ccccc3c21. The van der Waals surface area contributed by atoms with Crippen LogP contribution in [-0.2, 0) is 16.2 Å². The Hall–Kier alpha value is -5.03. The van der Waals surface area contributed by atoms with Crippen LogP contribution in [0.1, 0.15) is 95.8 Å². The topological polar surface area (TPSA) is 60.7 Å². The van der Waals surface area contributed by atoms with E-state index in [0.29, 0.717) is 17.2 Å². The molecule has 1 unspecified atom stereocenters. The summed E-state index contributed by atoms with van der Waals surface area (Å²) in [6, 6.07) is 29.0. The lowest BCUT2D eigenvalue weighted by Crippen LogP contribution is -2.11. The number of hydrogen-bond donors (Lipinski definition) is 0. The van der Waals surface area contributed by atoms with Gasteiger partial charge in [-0.05, 0) is 80.3 Å². The van der Waals surface area contributed by atoms with Crippen molar-refractivity contribution in [3.8, 4) is 0 Å². The van der Waals surface area contributed by atoms with Crippen molar-refractivity contribution in [1.82, 2.24) is 4.57 Å². The van der Waals surface area contributed by atoms with E-state index in [1.807, 2.05) is 51.1 Å². The van der Waals surface area contributed by atoms with E-state index < -0.39 is 5.97 Å². The molecule has 1 atom stereocenters. The molecule has 0 saturated heterocycles. The Morgan fingerprint density at radius 2 is 1.45 bits per heavy atom. The molecule has 0 saturated carbocycles. The van der Waals surface area contributed by atoms with Crippen LogP contribution in [0.2, 0.25) is 0 Å². The molecule has 1 heterocycles. The van der Waals surface area contributed by atoms with Crippen molar-refractivity contribution in [3.63, 3.8) is 0 Å². The molecule has 0 aliphatic heterocycles. The fraction of sp³-hybridized carbons (Fsp3) is 0.295. The molecule has 0 bridgehead atoms. The Bertz CT molecular complexity index is 2230. The third kappa shape index (κ3) is 6.55. The zero-order valence-electron chi connectivity index (χ0n) is 29.8. The van der Waals surface area contributed by atoms with Crippen LogP contribution in [-0.4, -0.2) is 22.0 Å². The van der Waals surface area contributed by atoms with Gasteiger partial charge in [0.15, 0.2) is 5.78 Å². The maximum atomic E-state index is 14.6. The minimum Gasteiger partial charge on any atom is -0.340 e. The summed E-state index contributed by atoms with van der Waals surface area (Å²) < 4.78 is 2.48. The van der Waals surface area contributed by atoms with Crippen molar-refractivity contribution in [2.75, 3.05) is 0 Å². The van der Waals surface area contributed by atoms with Gasteiger partial charge in [0.05, 0.1) is 5.52 Å². The number of fused-ring (bicyclic) bond motifs is 5. The first kappa shape index (κ1) is 33.9. The molecule has 0 aliphatic rings. The summed E-state index contributed by atoms with van der Waals surface area (Å²) in [6.07, 6.45) is 4.62. The Labute approximate surface area is 289 Å². The predicted octanol–water partition coefficient (Wildman–Crippen LogP) is 10.9. The second-order valence-corrected chi connectivity index (χ2v) is 13.6. The van der Waals surface area contributed by atoms with Crippen molar-refractivity contribution in [2.45, 2.75) is 80.7 Å². The quantitative estimate of drug-likeness (QED) is 0.0607. The molecular formula is C44H46N2O3. The van der Waals surface area contributed by atoms with Crippen molar-refractivity contribution < 1.29 is 14.4 Å². The molecule has 0 aliphatic carbocycles. The normalized spacial score (nSPS) is 12.6. The molecule has 6 rings (SSSR count). The van der Waals surface area contributed by atoms with E-state index >= 15 is 0 Å². The smallest absolute Gasteiger partial charge is 0.332 e. The molecule has 5 nitrogen and oxygen atoms in total. The lowest BCUT2D eigenvalue weighted by Gasteiger charge is -2.19. The number of benzene rings is 5. The van der Waals surface area contributed by atoms with Gasteiger partial charge in [0.25, 0.3) is 0 Å². The van der Waals surface area contributed by atoms with E-state index in [0.717, 1.165) is 84.5 Å². The summed E-state index contributed by atoms with van der Waals surface area (Å²) in [5, 5.41) is 8.48. The molecule has 5 aromatic carbocycles. The van der Waals surface area contributed by atoms with Crippen LogP contribution in [0.5, 0.6) is 0 Å². The molecule has 0 N–H and O–H groups in total. The van der Waals surface area contributed by atoms with E-state index in [4.69, 9.17) is 4.84 Å². The van der Waals surface area contributed by atoms with Crippen LogP contribution in [0.25, 0.3) is 32.6 Å². The summed E-state index contributed by atoms with van der Waals surface area (Å²) in [5.41, 5.74) is 10.2. The van der Waals surface area contributed by atoms with Gasteiger partial charge in [-0.25, -0.2) is 4.79 Å². The number of aromatic nitrogens is 1. The van der Waals surface area contributed by atoms with Crippen molar-refractivity contribution in [2.24, 2.45) is 11.1 Å². The number of carbonyl (C=O) groups is 2. The molecule has 6 aromatic rings. The first-order valence-corrected chi connectivity index (χ1v) is 17.5. The number of carbonyl (C=O) groups excluding carboxylic acids is 2. The van der Waals surface area contributed by atoms with E-state index in [1.165, 1.54) is 26.2 Å². The maximum absolute atomic E-state index is 14.6. The third-order valence-corrected chi connectivity index (χ3v) is 9.94. The Morgan fingerprint density at radius 1 is 0.755 bits per heavy atom. The van der Waals surface area contributed by atoms with Crippen LogP contribution in [0.15, 0.2) is 90.1 Å². The first-order chi connectivity index (χ1) is 23.6. The van der Waals surface area contributed by atoms with Gasteiger partial charge in [-0.1, -0.05) is 111 Å². The van der Waals surface area contributed by atoms with Crippen LogP contribution < -0.4 is 0 Å². The Kier molecular flexibility index (Phi) is 9.82. The summed E-state index contributed by atoms with van der Waals surface area (Å²) in [7, 11) is 0. The zero-order valence-corrected chi connectivity index (χ0v) is 29.8. The van der Waals surface area contributed by atoms with Gasteiger partial charge in [0.1, 0.15) is 5.71 Å². The highest BCUT2D eigenvalue weighted by Gasteiger charge is 2.24. The zero-order chi connectivity index (χ0) is 34.8. The van der Waals surface area contributed by atoms with Crippen molar-refractivity contribution in [1.29, 1.82) is 0 Å². The standard InChI is InChI=1S/C44H46N2O3/c1-8-10-16-32(9-2)26-46-40-21-20-33(42(45-49-31(7)47)34-17-12-11-15-28(34)4)24-37(40)38-25-39(35-18-13-14-19-36(35)43(38)46)44(48)41-29(5)22-27(3)23-30(41)6/h11-15,17-25,32H,8-10,16,26H2,1-7H3/b45-42+. The minimum absolute atomic E-state index is 0.0385. The fourth-order valence-corrected chi connectivity index (χ4v) is 7.54. The highest BCUT2D eigenvalue weighted by molar-refractivity contribution is 6.27. The van der Waals surface area contributed by atoms with E-state index in [1.54, 1.807) is 0 Å². The Morgan fingerprint density at radius 3 is 2.12 bits per heavy atom. The van der Waals surface area contributed by atoms with E-state index in [9.17, 15) is 9.59 Å². The molecule has 0 radical (unpaired) electrons. The number of oxime groups is 1. The average molecular weight is 651 g/mol. The molecule has 250 valence electrons. The lowest BCUT2D eigenvalue weighted by molar-refractivity contribution is -0.140. The molecule has 49 heavy (non-hydrogen) atoms. The minimum atomic E-state index is -0.474. The fourth-order valence-electron chi connectivity index (χ4n) is 7.54. The predicted molar refractivity (Wildman–Crippen MR) is 203 cm³/mol. The van der Waals surface area contributed by atoms with Gasteiger partial charge >= 0.3 is 5.97 Å². The number of nitrogens with zero attached hydrogens (tertiary/aromatic N) is 2. The summed E-state index contributed by atoms with van der Waals surface area (Å²) >= 11 is 0. The number of hydrogen-bond acceptors (Lipinski definition) is 4. The van der Waals surface area contributed by atoms with Gasteiger partial charge in [0, 0.05) is 57.4 Å². The maximum Gasteiger partial charge on any atom is 0.332 e. The van der Waals surface area contributed by atoms with Crippen molar-refractivity contribution in [3.05, 3.63) is 129 Å². The number of aryl methyl sites for hydroxylation is 4. The van der Waals surface area contributed by atoms with Gasteiger partial charge in [-0.15, -0.1) is 0 Å². The van der Waals surface area contributed by atoms with Crippen molar-refractivity contribution >= 4 is 50.0 Å². The molecular weight excluding hydrogens is 604 g/mol. The Balaban J connectivity index is 1.68. The summed E-state index contributed by atoms with van der Waals surface area (Å²) in [6.45, 7) is 14.9. The van der Waals surface area contributed by atoms with E-state index in [2.05, 4.69) is 85.1 Å². The lowest BCUT2D eigenvalue weighted by atomic mass is 9.89. The highest BCUT2D eigenvalue weighted by Crippen LogP contribution is 2.39. The summed E-state index contributed by atoms with van der Waals surface area (Å²) in [4.78, 5) is 31.8. The molecule has 0 spiro atoms. The second-order valence-electron chi connectivity index (χ2n) is 13.6. The highest BCUT2D eigenvalue weighted by atomic mass is 16.7. The van der Waals surface area contributed by atoms with Gasteiger partial charge in [-0.3, -0.25) is 4.79 Å². The average Bonchev–Trinajstić information content (AvgIpc) is 3.38. The van der Waals surface area contributed by atoms with Crippen LogP contribution in [0.4, 0.5) is 0 Å². The molecule has 5 heteroatoms. The van der Waals surface area contributed by atoms with Crippen LogP contribution in [0, 0.1) is 33.6 Å². The summed E-state index contributed by atoms with van der Waals surface area (Å²) in [5.74, 6) is 0.0822.